The van der Waals surface area contributed by atoms with Crippen LogP contribution in [0, 0.1) is 13.8 Å². The third-order valence-corrected chi connectivity index (χ3v) is 4.50. The van der Waals surface area contributed by atoms with Crippen molar-refractivity contribution in [1.29, 1.82) is 0 Å². The van der Waals surface area contributed by atoms with Crippen molar-refractivity contribution < 1.29 is 0 Å². The summed E-state index contributed by atoms with van der Waals surface area (Å²) in [5, 5.41) is 1.00. The minimum Gasteiger partial charge on any atom is -0.295 e. The molecule has 0 atom stereocenters. The molecule has 0 aliphatic carbocycles. The number of pyridine rings is 1. The Kier molecular flexibility index (Phi) is 4.06. The van der Waals surface area contributed by atoms with Crippen molar-refractivity contribution in [1.82, 2.24) is 14.5 Å². The number of imidazole rings is 1. The highest BCUT2D eigenvalue weighted by atomic mass is 32.2. The lowest BCUT2D eigenvalue weighted by atomic mass is 10.1. The van der Waals surface area contributed by atoms with Gasteiger partial charge in [-0.25, -0.2) is 4.98 Å². The summed E-state index contributed by atoms with van der Waals surface area (Å²) in [6, 6.07) is 10.5. The van der Waals surface area contributed by atoms with Crippen molar-refractivity contribution in [3.63, 3.8) is 0 Å². The highest BCUT2D eigenvalue weighted by Crippen LogP contribution is 2.24. The molecule has 2 heterocycles. The van der Waals surface area contributed by atoms with E-state index in [1.54, 1.807) is 18.0 Å². The number of aromatic nitrogens is 3. The van der Waals surface area contributed by atoms with Crippen LogP contribution in [0.15, 0.2) is 60.3 Å². The van der Waals surface area contributed by atoms with Gasteiger partial charge in [-0.05, 0) is 48.7 Å². The highest BCUT2D eigenvalue weighted by Gasteiger charge is 2.07. The molecule has 106 valence electrons. The Morgan fingerprint density at radius 1 is 1.10 bits per heavy atom. The number of thioether (sulfide) groups is 1. The Balaban J connectivity index is 1.82. The van der Waals surface area contributed by atoms with E-state index in [1.807, 2.05) is 24.7 Å². The minimum atomic E-state index is 0.871. The van der Waals surface area contributed by atoms with Crippen molar-refractivity contribution in [2.75, 3.05) is 0 Å². The standard InChI is InChI=1S/C17H17N3S/c1-13-5-6-16(10-14(13)2)20-9-8-19-17(20)21-12-15-4-3-7-18-11-15/h3-11H,12H2,1-2H3. The highest BCUT2D eigenvalue weighted by molar-refractivity contribution is 7.98. The van der Waals surface area contributed by atoms with E-state index < -0.39 is 0 Å². The van der Waals surface area contributed by atoms with E-state index in [9.17, 15) is 0 Å². The lowest BCUT2D eigenvalue weighted by molar-refractivity contribution is 0.892. The maximum atomic E-state index is 4.47. The molecule has 0 saturated heterocycles. The fraction of sp³-hybridized carbons (Fsp3) is 0.176. The predicted octanol–water partition coefficient (Wildman–Crippen LogP) is 4.18. The zero-order valence-corrected chi connectivity index (χ0v) is 13.0. The number of hydrogen-bond donors (Lipinski definition) is 0. The Labute approximate surface area is 129 Å². The van der Waals surface area contributed by atoms with Gasteiger partial charge in [-0.1, -0.05) is 23.9 Å². The van der Waals surface area contributed by atoms with Crippen LogP contribution in [0.5, 0.6) is 0 Å². The summed E-state index contributed by atoms with van der Waals surface area (Å²) in [5.74, 6) is 0.871. The lowest BCUT2D eigenvalue weighted by Gasteiger charge is -2.09. The number of aryl methyl sites for hydroxylation is 2. The van der Waals surface area contributed by atoms with Crippen LogP contribution in [-0.2, 0) is 5.75 Å². The molecule has 3 aromatic rings. The molecule has 0 radical (unpaired) electrons. The van der Waals surface area contributed by atoms with Gasteiger partial charge < -0.3 is 0 Å². The molecule has 0 bridgehead atoms. The molecule has 0 aliphatic heterocycles. The summed E-state index contributed by atoms with van der Waals surface area (Å²) in [5.41, 5.74) is 4.97. The molecule has 0 N–H and O–H groups in total. The first-order valence-corrected chi connectivity index (χ1v) is 7.85. The Hall–Kier alpha value is -2.07. The van der Waals surface area contributed by atoms with Crippen molar-refractivity contribution in [2.24, 2.45) is 0 Å². The van der Waals surface area contributed by atoms with Crippen LogP contribution in [0.1, 0.15) is 16.7 Å². The molecule has 0 spiro atoms. The van der Waals surface area contributed by atoms with E-state index in [1.165, 1.54) is 16.7 Å². The van der Waals surface area contributed by atoms with Crippen LogP contribution in [0.3, 0.4) is 0 Å². The van der Waals surface area contributed by atoms with Gasteiger partial charge in [0.05, 0.1) is 0 Å². The number of benzene rings is 1. The topological polar surface area (TPSA) is 30.7 Å². The van der Waals surface area contributed by atoms with Crippen LogP contribution >= 0.6 is 11.8 Å². The van der Waals surface area contributed by atoms with Gasteiger partial charge in [0.15, 0.2) is 5.16 Å². The summed E-state index contributed by atoms with van der Waals surface area (Å²) in [6.07, 6.45) is 7.55. The summed E-state index contributed by atoms with van der Waals surface area (Å²) in [7, 11) is 0. The van der Waals surface area contributed by atoms with E-state index >= 15 is 0 Å². The normalized spacial score (nSPS) is 10.8. The third kappa shape index (κ3) is 3.16. The average molecular weight is 295 g/mol. The maximum Gasteiger partial charge on any atom is 0.172 e. The van der Waals surface area contributed by atoms with Gasteiger partial charge in [0.1, 0.15) is 0 Å². The van der Waals surface area contributed by atoms with Gasteiger partial charge in [0.25, 0.3) is 0 Å². The fourth-order valence-corrected chi connectivity index (χ4v) is 3.01. The first-order valence-electron chi connectivity index (χ1n) is 6.87. The number of rotatable bonds is 4. The molecule has 0 unspecified atom stereocenters. The van der Waals surface area contributed by atoms with Crippen LogP contribution in [0.2, 0.25) is 0 Å². The monoisotopic (exact) mass is 295 g/mol. The Morgan fingerprint density at radius 3 is 2.76 bits per heavy atom. The van der Waals surface area contributed by atoms with Gasteiger partial charge in [-0.2, -0.15) is 0 Å². The van der Waals surface area contributed by atoms with Crippen molar-refractivity contribution in [2.45, 2.75) is 24.8 Å². The van der Waals surface area contributed by atoms with E-state index in [0.717, 1.165) is 16.6 Å². The smallest absolute Gasteiger partial charge is 0.172 e. The molecule has 2 aromatic heterocycles. The van der Waals surface area contributed by atoms with Crippen LogP contribution in [0.4, 0.5) is 0 Å². The molecular weight excluding hydrogens is 278 g/mol. The molecule has 0 aliphatic rings. The second-order valence-corrected chi connectivity index (χ2v) is 5.94. The fourth-order valence-electron chi connectivity index (χ4n) is 2.10. The Bertz CT molecular complexity index is 735. The van der Waals surface area contributed by atoms with E-state index in [4.69, 9.17) is 0 Å². The molecule has 3 nitrogen and oxygen atoms in total. The van der Waals surface area contributed by atoms with Crippen molar-refractivity contribution >= 4 is 11.8 Å². The van der Waals surface area contributed by atoms with Crippen molar-refractivity contribution in [3.8, 4) is 5.69 Å². The maximum absolute atomic E-state index is 4.47. The number of nitrogens with zero attached hydrogens (tertiary/aromatic N) is 3. The quantitative estimate of drug-likeness (QED) is 0.677. The molecule has 0 saturated carbocycles. The first-order chi connectivity index (χ1) is 10.2. The largest absolute Gasteiger partial charge is 0.295 e. The second-order valence-electron chi connectivity index (χ2n) is 5.00. The lowest BCUT2D eigenvalue weighted by Crippen LogP contribution is -1.96. The third-order valence-electron chi connectivity index (χ3n) is 3.47. The van der Waals surface area contributed by atoms with Crippen LogP contribution in [-0.4, -0.2) is 14.5 Å². The summed E-state index contributed by atoms with van der Waals surface area (Å²) in [4.78, 5) is 8.61. The predicted molar refractivity (Wildman–Crippen MR) is 86.8 cm³/mol. The molecule has 4 heteroatoms. The average Bonchev–Trinajstić information content (AvgIpc) is 2.97. The van der Waals surface area contributed by atoms with E-state index in [-0.39, 0.29) is 0 Å². The minimum absolute atomic E-state index is 0.871. The molecule has 0 amide bonds. The van der Waals surface area contributed by atoms with Crippen LogP contribution in [0.25, 0.3) is 5.69 Å². The molecule has 3 rings (SSSR count). The molecule has 0 fully saturated rings. The molecule has 21 heavy (non-hydrogen) atoms. The summed E-state index contributed by atoms with van der Waals surface area (Å²) >= 11 is 1.72. The molecule has 1 aromatic carbocycles. The zero-order chi connectivity index (χ0) is 14.7. The zero-order valence-electron chi connectivity index (χ0n) is 12.2. The van der Waals surface area contributed by atoms with Gasteiger partial charge in [0, 0.05) is 36.2 Å². The first kappa shape index (κ1) is 13.9. The summed E-state index contributed by atoms with van der Waals surface area (Å²) < 4.78 is 2.13. The van der Waals surface area contributed by atoms with Gasteiger partial charge >= 0.3 is 0 Å². The summed E-state index contributed by atoms with van der Waals surface area (Å²) in [6.45, 7) is 4.27. The van der Waals surface area contributed by atoms with Crippen molar-refractivity contribution in [3.05, 3.63) is 71.8 Å². The Morgan fingerprint density at radius 2 is 2.00 bits per heavy atom. The van der Waals surface area contributed by atoms with Gasteiger partial charge in [-0.3, -0.25) is 9.55 Å². The SMILES string of the molecule is Cc1ccc(-n2ccnc2SCc2cccnc2)cc1C. The molecular formula is C17H17N3S. The van der Waals surface area contributed by atoms with E-state index in [2.05, 4.69) is 52.6 Å². The number of hydrogen-bond acceptors (Lipinski definition) is 3. The van der Waals surface area contributed by atoms with Crippen LogP contribution < -0.4 is 0 Å². The second kappa shape index (κ2) is 6.14. The van der Waals surface area contributed by atoms with Gasteiger partial charge in [-0.15, -0.1) is 0 Å². The van der Waals surface area contributed by atoms with Gasteiger partial charge in [0.2, 0.25) is 0 Å². The van der Waals surface area contributed by atoms with E-state index in [0.29, 0.717) is 0 Å².